The molecular weight excluding hydrogens is 270 g/mol. The highest BCUT2D eigenvalue weighted by molar-refractivity contribution is 5.80. The second kappa shape index (κ2) is 5.86. The van der Waals surface area contributed by atoms with Crippen LogP contribution in [0.3, 0.4) is 0 Å². The third-order valence-electron chi connectivity index (χ3n) is 3.62. The minimum atomic E-state index is -0.327. The minimum absolute atomic E-state index is 0.0640. The zero-order valence-corrected chi connectivity index (χ0v) is 11.8. The average molecular weight is 287 g/mol. The molecule has 0 aromatic carbocycles. The Morgan fingerprint density at radius 2 is 1.90 bits per heavy atom. The molecule has 3 heterocycles. The van der Waals surface area contributed by atoms with Crippen LogP contribution in [0.25, 0.3) is 0 Å². The van der Waals surface area contributed by atoms with Gasteiger partial charge in [0.1, 0.15) is 18.7 Å². The van der Waals surface area contributed by atoms with Gasteiger partial charge in [-0.1, -0.05) is 0 Å². The second-order valence-electron chi connectivity index (χ2n) is 4.91. The molecule has 110 valence electrons. The third-order valence-corrected chi connectivity index (χ3v) is 3.62. The predicted octanol–water partition coefficient (Wildman–Crippen LogP) is -0.0221. The first kappa shape index (κ1) is 13.5. The van der Waals surface area contributed by atoms with Crippen LogP contribution >= 0.6 is 0 Å². The van der Waals surface area contributed by atoms with E-state index >= 15 is 0 Å². The molecule has 1 aliphatic rings. The Morgan fingerprint density at radius 3 is 2.52 bits per heavy atom. The molecule has 0 bridgehead atoms. The standard InChI is InChI=1S/C13H17N7O/c1-11(20-10-14-9-17-20)12(21)18-5-7-19(8-6-18)13-15-3-2-4-16-13/h2-4,9-11H,5-8H2,1H3. The van der Waals surface area contributed by atoms with Crippen molar-refractivity contribution >= 4 is 11.9 Å². The molecule has 8 heteroatoms. The summed E-state index contributed by atoms with van der Waals surface area (Å²) in [5.74, 6) is 0.781. The number of hydrogen-bond donors (Lipinski definition) is 0. The van der Waals surface area contributed by atoms with E-state index in [1.807, 2.05) is 11.8 Å². The fourth-order valence-corrected chi connectivity index (χ4v) is 2.38. The molecule has 21 heavy (non-hydrogen) atoms. The van der Waals surface area contributed by atoms with Gasteiger partial charge in [-0.15, -0.1) is 0 Å². The van der Waals surface area contributed by atoms with Gasteiger partial charge in [-0.3, -0.25) is 4.79 Å². The number of rotatable bonds is 3. The number of piperazine rings is 1. The molecule has 0 aliphatic carbocycles. The van der Waals surface area contributed by atoms with Crippen LogP contribution in [0.4, 0.5) is 5.95 Å². The Bertz CT molecular complexity index is 578. The molecule has 1 atom stereocenters. The summed E-state index contributed by atoms with van der Waals surface area (Å²) in [5.41, 5.74) is 0. The van der Waals surface area contributed by atoms with Crippen molar-refractivity contribution in [1.82, 2.24) is 29.6 Å². The molecule has 1 unspecified atom stereocenters. The lowest BCUT2D eigenvalue weighted by Crippen LogP contribution is -2.50. The number of carbonyl (C=O) groups is 1. The summed E-state index contributed by atoms with van der Waals surface area (Å²) in [4.78, 5) is 28.7. The lowest BCUT2D eigenvalue weighted by molar-refractivity contribution is -0.134. The summed E-state index contributed by atoms with van der Waals surface area (Å²) in [5, 5.41) is 4.02. The normalized spacial score (nSPS) is 16.8. The van der Waals surface area contributed by atoms with E-state index in [1.165, 1.54) is 6.33 Å². The summed E-state index contributed by atoms with van der Waals surface area (Å²) in [7, 11) is 0. The monoisotopic (exact) mass is 287 g/mol. The van der Waals surface area contributed by atoms with Crippen LogP contribution in [0.2, 0.25) is 0 Å². The van der Waals surface area contributed by atoms with Crippen molar-refractivity contribution in [2.24, 2.45) is 0 Å². The molecule has 8 nitrogen and oxygen atoms in total. The van der Waals surface area contributed by atoms with Crippen LogP contribution in [0.5, 0.6) is 0 Å². The summed E-state index contributed by atoms with van der Waals surface area (Å²) >= 11 is 0. The molecule has 1 amide bonds. The van der Waals surface area contributed by atoms with E-state index < -0.39 is 0 Å². The first-order valence-electron chi connectivity index (χ1n) is 6.90. The molecule has 0 radical (unpaired) electrons. The summed E-state index contributed by atoms with van der Waals surface area (Å²) < 4.78 is 1.58. The Morgan fingerprint density at radius 1 is 1.19 bits per heavy atom. The van der Waals surface area contributed by atoms with Gasteiger partial charge in [0.25, 0.3) is 0 Å². The molecular formula is C13H17N7O. The Labute approximate surface area is 122 Å². The quantitative estimate of drug-likeness (QED) is 0.789. The molecule has 0 saturated carbocycles. The van der Waals surface area contributed by atoms with Gasteiger partial charge < -0.3 is 9.80 Å². The van der Waals surface area contributed by atoms with Crippen LogP contribution in [0.1, 0.15) is 13.0 Å². The highest BCUT2D eigenvalue weighted by Gasteiger charge is 2.26. The maximum Gasteiger partial charge on any atom is 0.247 e. The smallest absolute Gasteiger partial charge is 0.247 e. The first-order valence-corrected chi connectivity index (χ1v) is 6.90. The molecule has 1 fully saturated rings. The third kappa shape index (κ3) is 2.83. The fraction of sp³-hybridized carbons (Fsp3) is 0.462. The predicted molar refractivity (Wildman–Crippen MR) is 75.6 cm³/mol. The Balaban J connectivity index is 1.59. The van der Waals surface area contributed by atoms with E-state index in [-0.39, 0.29) is 11.9 Å². The van der Waals surface area contributed by atoms with Crippen LogP contribution in [-0.4, -0.2) is 61.7 Å². The zero-order chi connectivity index (χ0) is 14.7. The fourth-order valence-electron chi connectivity index (χ4n) is 2.38. The summed E-state index contributed by atoms with van der Waals surface area (Å²) in [6.45, 7) is 4.63. The van der Waals surface area contributed by atoms with Crippen LogP contribution in [0, 0.1) is 0 Å². The first-order chi connectivity index (χ1) is 10.3. The van der Waals surface area contributed by atoms with Crippen LogP contribution < -0.4 is 4.90 Å². The van der Waals surface area contributed by atoms with Crippen molar-refractivity contribution in [3.63, 3.8) is 0 Å². The number of aromatic nitrogens is 5. The zero-order valence-electron chi connectivity index (χ0n) is 11.8. The van der Waals surface area contributed by atoms with Crippen LogP contribution in [-0.2, 0) is 4.79 Å². The van der Waals surface area contributed by atoms with Gasteiger partial charge in [-0.05, 0) is 13.0 Å². The number of amides is 1. The lowest BCUT2D eigenvalue weighted by atomic mass is 10.2. The van der Waals surface area contributed by atoms with Gasteiger partial charge in [0.15, 0.2) is 0 Å². The van der Waals surface area contributed by atoms with E-state index in [2.05, 4.69) is 25.0 Å². The van der Waals surface area contributed by atoms with Gasteiger partial charge in [0, 0.05) is 38.6 Å². The number of hydrogen-bond acceptors (Lipinski definition) is 6. The van der Waals surface area contributed by atoms with Crippen molar-refractivity contribution in [3.8, 4) is 0 Å². The molecule has 1 aliphatic heterocycles. The van der Waals surface area contributed by atoms with Gasteiger partial charge in [-0.2, -0.15) is 5.10 Å². The van der Waals surface area contributed by atoms with E-state index in [1.54, 1.807) is 29.5 Å². The molecule has 2 aromatic rings. The van der Waals surface area contributed by atoms with Gasteiger partial charge in [-0.25, -0.2) is 19.6 Å². The Hall–Kier alpha value is -2.51. The number of anilines is 1. The molecule has 0 N–H and O–H groups in total. The van der Waals surface area contributed by atoms with Crippen LogP contribution in [0.15, 0.2) is 31.1 Å². The Kier molecular flexibility index (Phi) is 3.76. The topological polar surface area (TPSA) is 80.0 Å². The lowest BCUT2D eigenvalue weighted by Gasteiger charge is -2.35. The van der Waals surface area contributed by atoms with Crippen molar-refractivity contribution in [2.45, 2.75) is 13.0 Å². The maximum atomic E-state index is 12.4. The summed E-state index contributed by atoms with van der Waals surface area (Å²) in [6, 6.07) is 1.47. The molecule has 2 aromatic heterocycles. The summed E-state index contributed by atoms with van der Waals surface area (Å²) in [6.07, 6.45) is 6.46. The highest BCUT2D eigenvalue weighted by atomic mass is 16.2. The molecule has 3 rings (SSSR count). The van der Waals surface area contributed by atoms with E-state index in [4.69, 9.17) is 0 Å². The van der Waals surface area contributed by atoms with Crippen molar-refractivity contribution in [3.05, 3.63) is 31.1 Å². The van der Waals surface area contributed by atoms with Gasteiger partial charge in [0.05, 0.1) is 0 Å². The van der Waals surface area contributed by atoms with Gasteiger partial charge >= 0.3 is 0 Å². The second-order valence-corrected chi connectivity index (χ2v) is 4.91. The highest BCUT2D eigenvalue weighted by Crippen LogP contribution is 2.13. The van der Waals surface area contributed by atoms with Crippen molar-refractivity contribution in [2.75, 3.05) is 31.1 Å². The number of carbonyl (C=O) groups excluding carboxylic acids is 1. The number of nitrogens with zero attached hydrogens (tertiary/aromatic N) is 7. The van der Waals surface area contributed by atoms with Crippen molar-refractivity contribution in [1.29, 1.82) is 0 Å². The maximum absolute atomic E-state index is 12.4. The van der Waals surface area contributed by atoms with E-state index in [0.717, 1.165) is 13.1 Å². The molecule has 1 saturated heterocycles. The average Bonchev–Trinajstić information content (AvgIpc) is 3.09. The van der Waals surface area contributed by atoms with E-state index in [0.29, 0.717) is 19.0 Å². The van der Waals surface area contributed by atoms with Gasteiger partial charge in [0.2, 0.25) is 11.9 Å². The van der Waals surface area contributed by atoms with E-state index in [9.17, 15) is 4.79 Å². The SMILES string of the molecule is CC(C(=O)N1CCN(c2ncccn2)CC1)n1cncn1. The minimum Gasteiger partial charge on any atom is -0.337 e. The largest absolute Gasteiger partial charge is 0.337 e. The molecule has 0 spiro atoms. The van der Waals surface area contributed by atoms with Crippen molar-refractivity contribution < 1.29 is 4.79 Å².